The van der Waals surface area contributed by atoms with Crippen molar-refractivity contribution in [1.82, 2.24) is 9.97 Å². The first-order chi connectivity index (χ1) is 9.36. The van der Waals surface area contributed by atoms with Crippen LogP contribution in [0.1, 0.15) is 58.8 Å². The Kier molecular flexibility index (Phi) is 8.77. The van der Waals surface area contributed by atoms with Crippen molar-refractivity contribution >= 4 is 11.6 Å². The summed E-state index contributed by atoms with van der Waals surface area (Å²) in [4.78, 5) is 8.66. The predicted molar refractivity (Wildman–Crippen MR) is 82.7 cm³/mol. The Bertz CT molecular complexity index is 328. The Hall–Kier alpha value is -1.32. The van der Waals surface area contributed by atoms with Crippen LogP contribution in [0.3, 0.4) is 0 Å². The van der Waals surface area contributed by atoms with Gasteiger partial charge in [0, 0.05) is 13.1 Å². The second-order valence-corrected chi connectivity index (χ2v) is 4.91. The fourth-order valence-corrected chi connectivity index (χ4v) is 1.91. The third-order valence-electron chi connectivity index (χ3n) is 3.03. The lowest BCUT2D eigenvalue weighted by Crippen LogP contribution is -2.07. The molecule has 0 aliphatic heterocycles. The van der Waals surface area contributed by atoms with E-state index >= 15 is 0 Å². The first-order valence-electron chi connectivity index (χ1n) is 7.66. The van der Waals surface area contributed by atoms with Crippen LogP contribution < -0.4 is 10.6 Å². The van der Waals surface area contributed by atoms with Crippen molar-refractivity contribution in [3.05, 3.63) is 12.4 Å². The van der Waals surface area contributed by atoms with Crippen LogP contribution in [0.2, 0.25) is 0 Å². The zero-order valence-corrected chi connectivity index (χ0v) is 12.4. The molecule has 0 fully saturated rings. The number of anilines is 2. The van der Waals surface area contributed by atoms with Gasteiger partial charge in [0.2, 0.25) is 0 Å². The molecule has 0 bridgehead atoms. The summed E-state index contributed by atoms with van der Waals surface area (Å²) in [5.74, 6) is 1.73. The van der Waals surface area contributed by atoms with Gasteiger partial charge in [0.15, 0.2) is 0 Å². The van der Waals surface area contributed by atoms with Crippen molar-refractivity contribution < 1.29 is 0 Å². The Balaban J connectivity index is 2.14. The molecule has 0 radical (unpaired) electrons. The van der Waals surface area contributed by atoms with E-state index in [4.69, 9.17) is 0 Å². The SMILES string of the molecule is CCCCCCCCNc1cncc(NCCC)n1. The largest absolute Gasteiger partial charge is 0.369 e. The molecular weight excluding hydrogens is 236 g/mol. The molecule has 1 aromatic rings. The highest BCUT2D eigenvalue weighted by atomic mass is 15.1. The van der Waals surface area contributed by atoms with Gasteiger partial charge in [0.1, 0.15) is 11.6 Å². The van der Waals surface area contributed by atoms with Crippen molar-refractivity contribution in [3.8, 4) is 0 Å². The molecule has 0 saturated heterocycles. The van der Waals surface area contributed by atoms with E-state index < -0.39 is 0 Å². The van der Waals surface area contributed by atoms with Crippen molar-refractivity contribution in [2.75, 3.05) is 23.7 Å². The lowest BCUT2D eigenvalue weighted by Gasteiger charge is -2.08. The Morgan fingerprint density at radius 1 is 0.789 bits per heavy atom. The third-order valence-corrected chi connectivity index (χ3v) is 3.03. The second-order valence-electron chi connectivity index (χ2n) is 4.91. The smallest absolute Gasteiger partial charge is 0.146 e. The number of unbranched alkanes of at least 4 members (excludes halogenated alkanes) is 5. The van der Waals surface area contributed by atoms with Gasteiger partial charge in [0.05, 0.1) is 12.4 Å². The zero-order chi connectivity index (χ0) is 13.8. The number of nitrogens with zero attached hydrogens (tertiary/aromatic N) is 2. The van der Waals surface area contributed by atoms with E-state index in [0.717, 1.165) is 31.1 Å². The maximum absolute atomic E-state index is 4.47. The Morgan fingerprint density at radius 2 is 1.42 bits per heavy atom. The molecule has 0 spiro atoms. The maximum atomic E-state index is 4.47. The molecule has 2 N–H and O–H groups in total. The van der Waals surface area contributed by atoms with Gasteiger partial charge in [-0.25, -0.2) is 4.98 Å². The van der Waals surface area contributed by atoms with Crippen LogP contribution in [0.25, 0.3) is 0 Å². The standard InChI is InChI=1S/C15H28N4/c1-3-5-6-7-8-9-11-18-15-13-16-12-14(19-15)17-10-4-2/h12-13H,3-11H2,1-2H3,(H2,17,18,19). The molecule has 19 heavy (non-hydrogen) atoms. The van der Waals surface area contributed by atoms with E-state index in [1.807, 2.05) is 0 Å². The third kappa shape index (κ3) is 7.65. The van der Waals surface area contributed by atoms with Crippen LogP contribution in [0.15, 0.2) is 12.4 Å². The highest BCUT2D eigenvalue weighted by Gasteiger charge is 1.97. The van der Waals surface area contributed by atoms with E-state index in [1.165, 1.54) is 38.5 Å². The van der Waals surface area contributed by atoms with Gasteiger partial charge in [-0.3, -0.25) is 4.98 Å². The van der Waals surface area contributed by atoms with E-state index in [0.29, 0.717) is 0 Å². The van der Waals surface area contributed by atoms with Gasteiger partial charge >= 0.3 is 0 Å². The average molecular weight is 264 g/mol. The zero-order valence-electron chi connectivity index (χ0n) is 12.4. The molecule has 1 rings (SSSR count). The molecule has 0 unspecified atom stereocenters. The minimum absolute atomic E-state index is 0.856. The quantitative estimate of drug-likeness (QED) is 0.591. The van der Waals surface area contributed by atoms with Crippen LogP contribution in [-0.2, 0) is 0 Å². The summed E-state index contributed by atoms with van der Waals surface area (Å²) in [6.07, 6.45) is 12.5. The lowest BCUT2D eigenvalue weighted by molar-refractivity contribution is 0.617. The molecule has 4 heteroatoms. The molecule has 4 nitrogen and oxygen atoms in total. The van der Waals surface area contributed by atoms with Crippen molar-refractivity contribution in [2.24, 2.45) is 0 Å². The monoisotopic (exact) mass is 264 g/mol. The first kappa shape index (κ1) is 15.7. The minimum atomic E-state index is 0.856. The minimum Gasteiger partial charge on any atom is -0.369 e. The van der Waals surface area contributed by atoms with Gasteiger partial charge in [-0.2, -0.15) is 0 Å². The molecule has 0 saturated carbocycles. The molecule has 0 aliphatic rings. The summed E-state index contributed by atoms with van der Waals surface area (Å²) in [5, 5.41) is 6.58. The molecule has 0 aromatic carbocycles. The number of aromatic nitrogens is 2. The topological polar surface area (TPSA) is 49.8 Å². The highest BCUT2D eigenvalue weighted by molar-refractivity contribution is 5.41. The summed E-state index contributed by atoms with van der Waals surface area (Å²) >= 11 is 0. The Labute approximate surface area is 117 Å². The van der Waals surface area contributed by atoms with Crippen LogP contribution in [0, 0.1) is 0 Å². The van der Waals surface area contributed by atoms with Crippen LogP contribution in [0.4, 0.5) is 11.6 Å². The van der Waals surface area contributed by atoms with Gasteiger partial charge in [-0.1, -0.05) is 46.0 Å². The summed E-state index contributed by atoms with van der Waals surface area (Å²) < 4.78 is 0. The number of rotatable bonds is 11. The van der Waals surface area contributed by atoms with Crippen molar-refractivity contribution in [1.29, 1.82) is 0 Å². The van der Waals surface area contributed by atoms with Crippen molar-refractivity contribution in [2.45, 2.75) is 58.8 Å². The number of hydrogen-bond donors (Lipinski definition) is 2. The molecule has 0 amide bonds. The van der Waals surface area contributed by atoms with Gasteiger partial charge in [0.25, 0.3) is 0 Å². The molecule has 1 aromatic heterocycles. The number of nitrogens with one attached hydrogen (secondary N) is 2. The molecule has 108 valence electrons. The summed E-state index contributed by atoms with van der Waals surface area (Å²) in [5.41, 5.74) is 0. The lowest BCUT2D eigenvalue weighted by atomic mass is 10.1. The van der Waals surface area contributed by atoms with E-state index in [9.17, 15) is 0 Å². The predicted octanol–water partition coefficient (Wildman–Crippen LogP) is 4.07. The normalized spacial score (nSPS) is 10.4. The maximum Gasteiger partial charge on any atom is 0.146 e. The first-order valence-corrected chi connectivity index (χ1v) is 7.66. The van der Waals surface area contributed by atoms with E-state index in [2.05, 4.69) is 34.4 Å². The van der Waals surface area contributed by atoms with Gasteiger partial charge < -0.3 is 10.6 Å². The molecule has 1 heterocycles. The van der Waals surface area contributed by atoms with E-state index in [-0.39, 0.29) is 0 Å². The van der Waals surface area contributed by atoms with Crippen LogP contribution >= 0.6 is 0 Å². The van der Waals surface area contributed by atoms with Gasteiger partial charge in [-0.15, -0.1) is 0 Å². The van der Waals surface area contributed by atoms with Gasteiger partial charge in [-0.05, 0) is 12.8 Å². The van der Waals surface area contributed by atoms with E-state index in [1.54, 1.807) is 12.4 Å². The number of hydrogen-bond acceptors (Lipinski definition) is 4. The van der Waals surface area contributed by atoms with Crippen LogP contribution in [-0.4, -0.2) is 23.1 Å². The molecule has 0 aliphatic carbocycles. The molecule has 0 atom stereocenters. The highest BCUT2D eigenvalue weighted by Crippen LogP contribution is 2.08. The fourth-order valence-electron chi connectivity index (χ4n) is 1.91. The summed E-state index contributed by atoms with van der Waals surface area (Å²) in [6.45, 7) is 6.31. The Morgan fingerprint density at radius 3 is 2.11 bits per heavy atom. The molecular formula is C15H28N4. The fraction of sp³-hybridized carbons (Fsp3) is 0.733. The average Bonchev–Trinajstić information content (AvgIpc) is 2.44. The second kappa shape index (κ2) is 10.6. The summed E-state index contributed by atoms with van der Waals surface area (Å²) in [7, 11) is 0. The summed E-state index contributed by atoms with van der Waals surface area (Å²) in [6, 6.07) is 0. The van der Waals surface area contributed by atoms with Crippen LogP contribution in [0.5, 0.6) is 0 Å². The van der Waals surface area contributed by atoms with Crippen molar-refractivity contribution in [3.63, 3.8) is 0 Å².